The van der Waals surface area contributed by atoms with Crippen LogP contribution in [0.1, 0.15) is 25.1 Å². The van der Waals surface area contributed by atoms with Crippen LogP contribution in [0.5, 0.6) is 0 Å². The molecule has 176 valence electrons. The Bertz CT molecular complexity index is 1350. The van der Waals surface area contributed by atoms with Crippen molar-refractivity contribution in [2.75, 3.05) is 0 Å². The molecule has 0 saturated carbocycles. The number of aromatic nitrogens is 2. The zero-order valence-electron chi connectivity index (χ0n) is 18.0. The van der Waals surface area contributed by atoms with E-state index in [0.29, 0.717) is 11.8 Å². The van der Waals surface area contributed by atoms with Crippen LogP contribution in [0.2, 0.25) is 0 Å². The van der Waals surface area contributed by atoms with Gasteiger partial charge in [0.25, 0.3) is 0 Å². The van der Waals surface area contributed by atoms with Gasteiger partial charge in [-0.15, -0.1) is 0 Å². The topological polar surface area (TPSA) is 38.0 Å². The number of hydrogen-bond acceptors (Lipinski definition) is 2. The van der Waals surface area contributed by atoms with Gasteiger partial charge in [0.1, 0.15) is 17.2 Å². The summed E-state index contributed by atoms with van der Waals surface area (Å²) in [5.41, 5.74) is -2.21. The standard InChI is InChI=1S/C25H18F6N2O/c1-24(2,34)21-13-33(23(32-21)17-5-3-4-6-19(17)25(29,30)31)16-9-7-14(8-10-16)18-11-15(26)12-20(27)22(18)28/h3-13,34H,1-2H3. The third-order valence-corrected chi connectivity index (χ3v) is 5.26. The predicted octanol–water partition coefficient (Wildman–Crippen LogP) is 6.87. The summed E-state index contributed by atoms with van der Waals surface area (Å²) in [7, 11) is 0. The highest BCUT2D eigenvalue weighted by molar-refractivity contribution is 5.68. The van der Waals surface area contributed by atoms with Crippen molar-refractivity contribution in [2.45, 2.75) is 25.6 Å². The maximum Gasteiger partial charge on any atom is 0.417 e. The van der Waals surface area contributed by atoms with Crippen LogP contribution < -0.4 is 0 Å². The van der Waals surface area contributed by atoms with Gasteiger partial charge in [-0.3, -0.25) is 4.57 Å². The number of benzene rings is 3. The molecule has 0 radical (unpaired) electrons. The van der Waals surface area contributed by atoms with Crippen LogP contribution in [-0.4, -0.2) is 14.7 Å². The van der Waals surface area contributed by atoms with E-state index >= 15 is 0 Å². The Morgan fingerprint density at radius 3 is 2.12 bits per heavy atom. The molecule has 0 aliphatic heterocycles. The Hall–Kier alpha value is -3.59. The van der Waals surface area contributed by atoms with Crippen molar-refractivity contribution in [1.29, 1.82) is 0 Å². The summed E-state index contributed by atoms with van der Waals surface area (Å²) in [6.45, 7) is 2.90. The lowest BCUT2D eigenvalue weighted by Crippen LogP contribution is -2.15. The second-order valence-corrected chi connectivity index (χ2v) is 8.22. The Labute approximate surface area is 190 Å². The van der Waals surface area contributed by atoms with E-state index in [0.717, 1.165) is 12.1 Å². The molecule has 0 aliphatic rings. The van der Waals surface area contributed by atoms with Gasteiger partial charge >= 0.3 is 6.18 Å². The maximum absolute atomic E-state index is 14.2. The molecule has 3 nitrogen and oxygen atoms in total. The van der Waals surface area contributed by atoms with E-state index < -0.39 is 34.8 Å². The van der Waals surface area contributed by atoms with Crippen LogP contribution in [0, 0.1) is 17.5 Å². The maximum atomic E-state index is 14.2. The summed E-state index contributed by atoms with van der Waals surface area (Å²) in [6.07, 6.45) is -3.25. The number of hydrogen-bond donors (Lipinski definition) is 1. The van der Waals surface area contributed by atoms with Crippen molar-refractivity contribution in [2.24, 2.45) is 0 Å². The lowest BCUT2D eigenvalue weighted by atomic mass is 10.0. The summed E-state index contributed by atoms with van der Waals surface area (Å²) < 4.78 is 83.8. The molecule has 0 fully saturated rings. The largest absolute Gasteiger partial charge is 0.417 e. The van der Waals surface area contributed by atoms with Gasteiger partial charge in [0.2, 0.25) is 0 Å². The van der Waals surface area contributed by atoms with Crippen LogP contribution in [0.15, 0.2) is 66.9 Å². The average molecular weight is 476 g/mol. The highest BCUT2D eigenvalue weighted by Crippen LogP contribution is 2.38. The molecule has 1 aromatic heterocycles. The molecule has 0 unspecified atom stereocenters. The molecule has 4 aromatic rings. The van der Waals surface area contributed by atoms with E-state index in [1.165, 1.54) is 67.1 Å². The van der Waals surface area contributed by atoms with Crippen LogP contribution in [0.25, 0.3) is 28.2 Å². The van der Waals surface area contributed by atoms with Gasteiger partial charge in [-0.05, 0) is 43.7 Å². The lowest BCUT2D eigenvalue weighted by molar-refractivity contribution is -0.137. The van der Waals surface area contributed by atoms with E-state index in [-0.39, 0.29) is 28.2 Å². The van der Waals surface area contributed by atoms with E-state index in [9.17, 15) is 31.4 Å². The molecule has 34 heavy (non-hydrogen) atoms. The van der Waals surface area contributed by atoms with Crippen molar-refractivity contribution in [3.8, 4) is 28.2 Å². The van der Waals surface area contributed by atoms with Gasteiger partial charge in [0.15, 0.2) is 11.6 Å². The second kappa shape index (κ2) is 8.32. The molecule has 4 rings (SSSR count). The SMILES string of the molecule is CC(C)(O)c1cn(-c2ccc(-c3cc(F)cc(F)c3F)cc2)c(-c2ccccc2C(F)(F)F)n1. The zero-order chi connectivity index (χ0) is 24.8. The molecule has 0 amide bonds. The molecular formula is C25H18F6N2O. The molecule has 1 N–H and O–H groups in total. The highest BCUT2D eigenvalue weighted by atomic mass is 19.4. The molecule has 0 aliphatic carbocycles. The first-order chi connectivity index (χ1) is 15.9. The van der Waals surface area contributed by atoms with Crippen LogP contribution in [-0.2, 0) is 11.8 Å². The van der Waals surface area contributed by atoms with E-state index in [4.69, 9.17) is 0 Å². The first kappa shape index (κ1) is 23.6. The van der Waals surface area contributed by atoms with Crippen LogP contribution in [0.3, 0.4) is 0 Å². The van der Waals surface area contributed by atoms with Crippen molar-refractivity contribution >= 4 is 0 Å². The molecule has 0 bridgehead atoms. The van der Waals surface area contributed by atoms with Gasteiger partial charge in [0, 0.05) is 29.1 Å². The fourth-order valence-electron chi connectivity index (χ4n) is 3.55. The van der Waals surface area contributed by atoms with Crippen molar-refractivity contribution in [1.82, 2.24) is 9.55 Å². The third kappa shape index (κ3) is 4.43. The Morgan fingerprint density at radius 2 is 1.50 bits per heavy atom. The highest BCUT2D eigenvalue weighted by Gasteiger charge is 2.35. The van der Waals surface area contributed by atoms with Gasteiger partial charge in [0.05, 0.1) is 11.3 Å². The number of alkyl halides is 3. The average Bonchev–Trinajstić information content (AvgIpc) is 3.22. The Balaban J connectivity index is 1.87. The fourth-order valence-corrected chi connectivity index (χ4v) is 3.55. The molecular weight excluding hydrogens is 458 g/mol. The lowest BCUT2D eigenvalue weighted by Gasteiger charge is -2.14. The molecule has 0 saturated heterocycles. The minimum absolute atomic E-state index is 0.0687. The van der Waals surface area contributed by atoms with Crippen LogP contribution in [0.4, 0.5) is 26.3 Å². The number of imidazole rings is 1. The molecule has 1 heterocycles. The second-order valence-electron chi connectivity index (χ2n) is 8.22. The first-order valence-electron chi connectivity index (χ1n) is 10.1. The summed E-state index contributed by atoms with van der Waals surface area (Å²) in [5, 5.41) is 10.4. The predicted molar refractivity (Wildman–Crippen MR) is 115 cm³/mol. The van der Waals surface area contributed by atoms with Crippen LogP contribution >= 0.6 is 0 Å². The van der Waals surface area contributed by atoms with Crippen molar-refractivity contribution in [3.63, 3.8) is 0 Å². The monoisotopic (exact) mass is 476 g/mol. The minimum Gasteiger partial charge on any atom is -0.384 e. The summed E-state index contributed by atoms with van der Waals surface area (Å²) in [6, 6.07) is 11.9. The van der Waals surface area contributed by atoms with E-state index in [1.807, 2.05) is 0 Å². The summed E-state index contributed by atoms with van der Waals surface area (Å²) in [5.74, 6) is -3.58. The van der Waals surface area contributed by atoms with E-state index in [2.05, 4.69) is 4.98 Å². The Morgan fingerprint density at radius 1 is 0.853 bits per heavy atom. The first-order valence-corrected chi connectivity index (χ1v) is 10.1. The number of aliphatic hydroxyl groups is 1. The van der Waals surface area contributed by atoms with Gasteiger partial charge in [-0.2, -0.15) is 13.2 Å². The van der Waals surface area contributed by atoms with Gasteiger partial charge in [-0.25, -0.2) is 18.2 Å². The number of nitrogens with zero attached hydrogens (tertiary/aromatic N) is 2. The summed E-state index contributed by atoms with van der Waals surface area (Å²) >= 11 is 0. The smallest absolute Gasteiger partial charge is 0.384 e. The quantitative estimate of drug-likeness (QED) is 0.258. The van der Waals surface area contributed by atoms with Crippen molar-refractivity contribution in [3.05, 3.63) is 95.6 Å². The van der Waals surface area contributed by atoms with Crippen molar-refractivity contribution < 1.29 is 31.4 Å². The normalized spacial score (nSPS) is 12.3. The van der Waals surface area contributed by atoms with Gasteiger partial charge in [-0.1, -0.05) is 30.3 Å². The Kier molecular flexibility index (Phi) is 5.77. The molecule has 3 aromatic carbocycles. The van der Waals surface area contributed by atoms with Gasteiger partial charge < -0.3 is 5.11 Å². The molecule has 0 atom stereocenters. The molecule has 0 spiro atoms. The number of halogens is 6. The minimum atomic E-state index is -4.65. The fraction of sp³-hybridized carbons (Fsp3) is 0.160. The number of rotatable bonds is 4. The van der Waals surface area contributed by atoms with E-state index in [1.54, 1.807) is 0 Å². The third-order valence-electron chi connectivity index (χ3n) is 5.26. The zero-order valence-corrected chi connectivity index (χ0v) is 18.0. The summed E-state index contributed by atoms with van der Waals surface area (Å²) in [4.78, 5) is 4.27. The molecule has 9 heteroatoms.